The average Bonchev–Trinajstić information content (AvgIpc) is 2.81. The van der Waals surface area contributed by atoms with Crippen LogP contribution < -0.4 is 11.5 Å². The van der Waals surface area contributed by atoms with Crippen molar-refractivity contribution in [3.05, 3.63) is 40.1 Å². The van der Waals surface area contributed by atoms with E-state index in [1.807, 2.05) is 6.92 Å². The minimum atomic E-state index is -0.153. The second-order valence-corrected chi connectivity index (χ2v) is 4.92. The SMILES string of the molecule is CC(N)c1nc(C(=O)Cc2cnccc2N)cs1. The number of nitrogens with zero attached hydrogens (tertiary/aromatic N) is 2. The smallest absolute Gasteiger partial charge is 0.186 e. The van der Waals surface area contributed by atoms with E-state index in [0.717, 1.165) is 10.6 Å². The van der Waals surface area contributed by atoms with E-state index in [1.54, 1.807) is 23.8 Å². The summed E-state index contributed by atoms with van der Waals surface area (Å²) in [5.41, 5.74) is 13.2. The first-order valence-electron chi connectivity index (χ1n) is 5.50. The lowest BCUT2D eigenvalue weighted by molar-refractivity contribution is 0.0988. The van der Waals surface area contributed by atoms with Gasteiger partial charge < -0.3 is 11.5 Å². The summed E-state index contributed by atoms with van der Waals surface area (Å²) in [6.07, 6.45) is 3.41. The third kappa shape index (κ3) is 2.72. The van der Waals surface area contributed by atoms with Crippen molar-refractivity contribution in [2.75, 3.05) is 5.73 Å². The van der Waals surface area contributed by atoms with Crippen molar-refractivity contribution in [1.29, 1.82) is 0 Å². The summed E-state index contributed by atoms with van der Waals surface area (Å²) in [4.78, 5) is 20.2. The van der Waals surface area contributed by atoms with Gasteiger partial charge in [0, 0.05) is 35.4 Å². The fourth-order valence-electron chi connectivity index (χ4n) is 1.47. The van der Waals surface area contributed by atoms with E-state index >= 15 is 0 Å². The summed E-state index contributed by atoms with van der Waals surface area (Å²) in [6.45, 7) is 1.84. The second kappa shape index (κ2) is 5.24. The Balaban J connectivity index is 2.15. The third-order valence-electron chi connectivity index (χ3n) is 2.49. The van der Waals surface area contributed by atoms with Gasteiger partial charge >= 0.3 is 0 Å². The number of nitrogen functional groups attached to an aromatic ring is 1. The van der Waals surface area contributed by atoms with Crippen molar-refractivity contribution in [2.24, 2.45) is 5.73 Å². The number of nitrogens with two attached hydrogens (primary N) is 2. The molecule has 0 aliphatic heterocycles. The van der Waals surface area contributed by atoms with Gasteiger partial charge in [0.25, 0.3) is 0 Å². The van der Waals surface area contributed by atoms with Crippen LogP contribution in [0.1, 0.15) is 34.0 Å². The van der Waals surface area contributed by atoms with Gasteiger partial charge in [-0.25, -0.2) is 4.98 Å². The Labute approximate surface area is 109 Å². The van der Waals surface area contributed by atoms with Crippen molar-refractivity contribution in [3.8, 4) is 0 Å². The molecule has 0 amide bonds. The lowest BCUT2D eigenvalue weighted by Gasteiger charge is -2.02. The first-order chi connectivity index (χ1) is 8.58. The molecule has 1 atom stereocenters. The normalized spacial score (nSPS) is 12.3. The van der Waals surface area contributed by atoms with Gasteiger partial charge in [-0.15, -0.1) is 11.3 Å². The fourth-order valence-corrected chi connectivity index (χ4v) is 2.26. The molecule has 0 bridgehead atoms. The highest BCUT2D eigenvalue weighted by Gasteiger charge is 2.14. The number of hydrogen-bond donors (Lipinski definition) is 2. The van der Waals surface area contributed by atoms with E-state index in [1.165, 1.54) is 11.3 Å². The Kier molecular flexibility index (Phi) is 3.69. The summed E-state index contributed by atoms with van der Waals surface area (Å²) in [6, 6.07) is 1.52. The number of carbonyl (C=O) groups is 1. The minimum absolute atomic E-state index is 0.0714. The highest BCUT2D eigenvalue weighted by Crippen LogP contribution is 2.18. The Hall–Kier alpha value is -1.79. The van der Waals surface area contributed by atoms with Gasteiger partial charge in [-0.05, 0) is 13.0 Å². The quantitative estimate of drug-likeness (QED) is 0.815. The van der Waals surface area contributed by atoms with E-state index < -0.39 is 0 Å². The lowest BCUT2D eigenvalue weighted by Crippen LogP contribution is -2.08. The number of anilines is 1. The second-order valence-electron chi connectivity index (χ2n) is 4.03. The molecule has 2 heterocycles. The number of aromatic nitrogens is 2. The van der Waals surface area contributed by atoms with Crippen LogP contribution >= 0.6 is 11.3 Å². The maximum Gasteiger partial charge on any atom is 0.186 e. The molecule has 0 aliphatic rings. The zero-order chi connectivity index (χ0) is 13.1. The Morgan fingerprint density at radius 3 is 2.94 bits per heavy atom. The van der Waals surface area contributed by atoms with Crippen LogP contribution in [0.2, 0.25) is 0 Å². The minimum Gasteiger partial charge on any atom is -0.398 e. The molecule has 0 aromatic carbocycles. The molecule has 0 spiro atoms. The summed E-state index contributed by atoms with van der Waals surface area (Å²) in [5, 5.41) is 2.49. The van der Waals surface area contributed by atoms with Crippen molar-refractivity contribution in [3.63, 3.8) is 0 Å². The molecule has 0 saturated carbocycles. The predicted molar refractivity (Wildman–Crippen MR) is 71.4 cm³/mol. The topological polar surface area (TPSA) is 94.9 Å². The Morgan fingerprint density at radius 2 is 2.33 bits per heavy atom. The molecule has 5 nitrogen and oxygen atoms in total. The van der Waals surface area contributed by atoms with E-state index in [4.69, 9.17) is 11.5 Å². The molecular weight excluding hydrogens is 248 g/mol. The van der Waals surface area contributed by atoms with E-state index in [-0.39, 0.29) is 18.2 Å². The number of thiazole rings is 1. The molecule has 1 unspecified atom stereocenters. The molecule has 4 N–H and O–H groups in total. The number of carbonyl (C=O) groups excluding carboxylic acids is 1. The largest absolute Gasteiger partial charge is 0.398 e. The standard InChI is InChI=1S/C12H14N4OS/c1-7(13)12-16-10(6-18-12)11(17)4-8-5-15-3-2-9(8)14/h2-3,5-7H,4,13H2,1H3,(H2,14,15). The van der Waals surface area contributed by atoms with E-state index in [0.29, 0.717) is 11.4 Å². The van der Waals surface area contributed by atoms with Gasteiger partial charge in [0.05, 0.1) is 6.04 Å². The molecule has 0 aliphatic carbocycles. The van der Waals surface area contributed by atoms with Gasteiger partial charge in [-0.1, -0.05) is 0 Å². The van der Waals surface area contributed by atoms with Crippen molar-refractivity contribution in [2.45, 2.75) is 19.4 Å². The number of rotatable bonds is 4. The van der Waals surface area contributed by atoms with Crippen LogP contribution in [0.15, 0.2) is 23.8 Å². The van der Waals surface area contributed by atoms with Gasteiger partial charge in [-0.2, -0.15) is 0 Å². The van der Waals surface area contributed by atoms with Crippen LogP contribution in [-0.4, -0.2) is 15.8 Å². The summed E-state index contributed by atoms with van der Waals surface area (Å²) >= 11 is 1.40. The van der Waals surface area contributed by atoms with Crippen LogP contribution in [0.3, 0.4) is 0 Å². The average molecular weight is 262 g/mol. The molecule has 6 heteroatoms. The fraction of sp³-hybridized carbons (Fsp3) is 0.250. The molecule has 18 heavy (non-hydrogen) atoms. The molecule has 2 rings (SSSR count). The summed E-state index contributed by atoms with van der Waals surface area (Å²) < 4.78 is 0. The summed E-state index contributed by atoms with van der Waals surface area (Å²) in [5.74, 6) is -0.0714. The van der Waals surface area contributed by atoms with Gasteiger partial charge in [0.1, 0.15) is 10.7 Å². The Bertz CT molecular complexity index is 565. The van der Waals surface area contributed by atoms with E-state index in [2.05, 4.69) is 9.97 Å². The number of Topliss-reactive ketones (excluding diaryl/α,β-unsaturated/α-hetero) is 1. The highest BCUT2D eigenvalue weighted by molar-refractivity contribution is 7.09. The zero-order valence-corrected chi connectivity index (χ0v) is 10.8. The molecule has 2 aromatic heterocycles. The van der Waals surface area contributed by atoms with Crippen LogP contribution in [0, 0.1) is 0 Å². The lowest BCUT2D eigenvalue weighted by atomic mass is 10.1. The maximum absolute atomic E-state index is 12.0. The van der Waals surface area contributed by atoms with Crippen LogP contribution in [-0.2, 0) is 6.42 Å². The molecule has 0 saturated heterocycles. The van der Waals surface area contributed by atoms with Crippen molar-refractivity contribution >= 4 is 22.8 Å². The van der Waals surface area contributed by atoms with Crippen LogP contribution in [0.5, 0.6) is 0 Å². The number of ketones is 1. The van der Waals surface area contributed by atoms with E-state index in [9.17, 15) is 4.79 Å². The maximum atomic E-state index is 12.0. The molecule has 2 aromatic rings. The number of pyridine rings is 1. The molecule has 94 valence electrons. The highest BCUT2D eigenvalue weighted by atomic mass is 32.1. The Morgan fingerprint density at radius 1 is 1.56 bits per heavy atom. The monoisotopic (exact) mass is 262 g/mol. The first kappa shape index (κ1) is 12.7. The molecule has 0 radical (unpaired) electrons. The van der Waals surface area contributed by atoms with Gasteiger partial charge in [-0.3, -0.25) is 9.78 Å². The molecular formula is C12H14N4OS. The summed E-state index contributed by atoms with van der Waals surface area (Å²) in [7, 11) is 0. The first-order valence-corrected chi connectivity index (χ1v) is 6.38. The van der Waals surface area contributed by atoms with Crippen molar-refractivity contribution < 1.29 is 4.79 Å². The third-order valence-corrected chi connectivity index (χ3v) is 3.54. The molecule has 0 fully saturated rings. The van der Waals surface area contributed by atoms with Gasteiger partial charge in [0.15, 0.2) is 5.78 Å². The van der Waals surface area contributed by atoms with Gasteiger partial charge in [0.2, 0.25) is 0 Å². The van der Waals surface area contributed by atoms with Crippen LogP contribution in [0.4, 0.5) is 5.69 Å². The van der Waals surface area contributed by atoms with Crippen LogP contribution in [0.25, 0.3) is 0 Å². The zero-order valence-electron chi connectivity index (χ0n) is 9.96. The predicted octanol–water partition coefficient (Wildman–Crippen LogP) is 1.57. The van der Waals surface area contributed by atoms with Crippen molar-refractivity contribution in [1.82, 2.24) is 9.97 Å². The number of hydrogen-bond acceptors (Lipinski definition) is 6.